The SMILES string of the molecule is COCCN(CC(=O)O)C(=O)CCC1CCCO1. The molecule has 0 aromatic rings. The fraction of sp³-hybridized carbons (Fsp3) is 0.833. The maximum absolute atomic E-state index is 11.9. The van der Waals surface area contributed by atoms with Gasteiger partial charge in [-0.15, -0.1) is 0 Å². The van der Waals surface area contributed by atoms with E-state index in [1.165, 1.54) is 12.0 Å². The van der Waals surface area contributed by atoms with Crippen LogP contribution in [0.15, 0.2) is 0 Å². The maximum Gasteiger partial charge on any atom is 0.323 e. The molecule has 104 valence electrons. The third kappa shape index (κ3) is 5.46. The van der Waals surface area contributed by atoms with E-state index < -0.39 is 5.97 Å². The van der Waals surface area contributed by atoms with Crippen LogP contribution < -0.4 is 0 Å². The number of hydrogen-bond donors (Lipinski definition) is 1. The number of hydrogen-bond acceptors (Lipinski definition) is 4. The van der Waals surface area contributed by atoms with E-state index in [4.69, 9.17) is 14.6 Å². The van der Waals surface area contributed by atoms with Gasteiger partial charge in [0.2, 0.25) is 5.91 Å². The zero-order valence-corrected chi connectivity index (χ0v) is 10.8. The molecule has 0 saturated carbocycles. The molecule has 1 atom stereocenters. The van der Waals surface area contributed by atoms with Gasteiger partial charge in [0.25, 0.3) is 0 Å². The predicted octanol–water partition coefficient (Wildman–Crippen LogP) is 0.505. The number of amides is 1. The number of methoxy groups -OCH3 is 1. The van der Waals surface area contributed by atoms with Gasteiger partial charge in [-0.05, 0) is 19.3 Å². The first-order valence-electron chi connectivity index (χ1n) is 6.23. The Balaban J connectivity index is 2.34. The van der Waals surface area contributed by atoms with Crippen molar-refractivity contribution < 1.29 is 24.2 Å². The lowest BCUT2D eigenvalue weighted by Crippen LogP contribution is -2.38. The van der Waals surface area contributed by atoms with Crippen LogP contribution in [0.5, 0.6) is 0 Å². The van der Waals surface area contributed by atoms with Crippen molar-refractivity contribution in [3.63, 3.8) is 0 Å². The number of rotatable bonds is 8. The molecule has 6 heteroatoms. The van der Waals surface area contributed by atoms with Crippen LogP contribution in [0.4, 0.5) is 0 Å². The molecule has 18 heavy (non-hydrogen) atoms. The molecule has 1 heterocycles. The highest BCUT2D eigenvalue weighted by atomic mass is 16.5. The highest BCUT2D eigenvalue weighted by molar-refractivity contribution is 5.81. The molecule has 6 nitrogen and oxygen atoms in total. The van der Waals surface area contributed by atoms with Gasteiger partial charge < -0.3 is 19.5 Å². The van der Waals surface area contributed by atoms with Crippen LogP contribution in [-0.4, -0.2) is 61.4 Å². The Morgan fingerprint density at radius 1 is 1.50 bits per heavy atom. The van der Waals surface area contributed by atoms with Crippen molar-refractivity contribution in [3.8, 4) is 0 Å². The van der Waals surface area contributed by atoms with Gasteiger partial charge in [0.15, 0.2) is 0 Å². The number of ether oxygens (including phenoxy) is 2. The van der Waals surface area contributed by atoms with E-state index in [0.29, 0.717) is 26.0 Å². The lowest BCUT2D eigenvalue weighted by Gasteiger charge is -2.21. The number of carbonyl (C=O) groups is 2. The third-order valence-electron chi connectivity index (χ3n) is 2.95. The van der Waals surface area contributed by atoms with Crippen molar-refractivity contribution in [1.29, 1.82) is 0 Å². The van der Waals surface area contributed by atoms with Gasteiger partial charge in [-0.2, -0.15) is 0 Å². The lowest BCUT2D eigenvalue weighted by atomic mass is 10.1. The third-order valence-corrected chi connectivity index (χ3v) is 2.95. The molecule has 1 saturated heterocycles. The highest BCUT2D eigenvalue weighted by Crippen LogP contribution is 2.17. The minimum absolute atomic E-state index is 0.148. The molecule has 0 radical (unpaired) electrons. The second kappa shape index (κ2) is 8.05. The van der Waals surface area contributed by atoms with Crippen LogP contribution in [0.1, 0.15) is 25.7 Å². The van der Waals surface area contributed by atoms with Crippen molar-refractivity contribution >= 4 is 11.9 Å². The van der Waals surface area contributed by atoms with Gasteiger partial charge in [0.05, 0.1) is 12.7 Å². The standard InChI is InChI=1S/C12H21NO5/c1-17-8-6-13(9-12(15)16)11(14)5-4-10-3-2-7-18-10/h10H,2-9H2,1H3,(H,15,16). The number of aliphatic carboxylic acids is 1. The van der Waals surface area contributed by atoms with Gasteiger partial charge in [-0.25, -0.2) is 0 Å². The van der Waals surface area contributed by atoms with Crippen LogP contribution in [0.2, 0.25) is 0 Å². The summed E-state index contributed by atoms with van der Waals surface area (Å²) in [5, 5.41) is 8.75. The van der Waals surface area contributed by atoms with E-state index in [1.807, 2.05) is 0 Å². The number of carboxylic acid groups (broad SMARTS) is 1. The number of nitrogens with zero attached hydrogens (tertiary/aromatic N) is 1. The molecule has 1 aliphatic rings. The van der Waals surface area contributed by atoms with Crippen molar-refractivity contribution in [2.24, 2.45) is 0 Å². The predicted molar refractivity (Wildman–Crippen MR) is 64.3 cm³/mol. The zero-order valence-electron chi connectivity index (χ0n) is 10.8. The fourth-order valence-corrected chi connectivity index (χ4v) is 1.97. The Morgan fingerprint density at radius 3 is 2.83 bits per heavy atom. The normalized spacial score (nSPS) is 18.8. The van der Waals surface area contributed by atoms with Crippen molar-refractivity contribution in [2.45, 2.75) is 31.8 Å². The Bertz CT molecular complexity index is 276. The molecule has 1 rings (SSSR count). The molecule has 0 aliphatic carbocycles. The highest BCUT2D eigenvalue weighted by Gasteiger charge is 2.20. The van der Waals surface area contributed by atoms with Gasteiger partial charge in [-0.1, -0.05) is 0 Å². The average Bonchev–Trinajstić information content (AvgIpc) is 2.84. The summed E-state index contributed by atoms with van der Waals surface area (Å²) in [7, 11) is 1.52. The minimum Gasteiger partial charge on any atom is -0.480 e. The summed E-state index contributed by atoms with van der Waals surface area (Å²) in [4.78, 5) is 23.9. The second-order valence-corrected chi connectivity index (χ2v) is 4.38. The molecule has 0 aromatic carbocycles. The molecule has 1 N–H and O–H groups in total. The summed E-state index contributed by atoms with van der Waals surface area (Å²) >= 11 is 0. The Kier molecular flexibility index (Phi) is 6.67. The lowest BCUT2D eigenvalue weighted by molar-refractivity contribution is -0.145. The number of carbonyl (C=O) groups excluding carboxylic acids is 1. The summed E-state index contributed by atoms with van der Waals surface area (Å²) in [5.74, 6) is -1.15. The quantitative estimate of drug-likeness (QED) is 0.687. The Labute approximate surface area is 107 Å². The monoisotopic (exact) mass is 259 g/mol. The summed E-state index contributed by atoms with van der Waals surface area (Å²) < 4.78 is 10.3. The largest absolute Gasteiger partial charge is 0.480 e. The maximum atomic E-state index is 11.9. The molecule has 1 amide bonds. The van der Waals surface area contributed by atoms with Crippen molar-refractivity contribution in [3.05, 3.63) is 0 Å². The fourth-order valence-electron chi connectivity index (χ4n) is 1.97. The van der Waals surface area contributed by atoms with E-state index in [2.05, 4.69) is 0 Å². The van der Waals surface area contributed by atoms with Crippen LogP contribution >= 0.6 is 0 Å². The number of carboxylic acids is 1. The van der Waals surface area contributed by atoms with E-state index in [-0.39, 0.29) is 18.6 Å². The van der Waals surface area contributed by atoms with E-state index in [0.717, 1.165) is 19.4 Å². The van der Waals surface area contributed by atoms with Crippen LogP contribution in [0.3, 0.4) is 0 Å². The summed E-state index contributed by atoms with van der Waals surface area (Å²) in [6, 6.07) is 0. The Hall–Kier alpha value is -1.14. The first-order chi connectivity index (χ1) is 8.63. The van der Waals surface area contributed by atoms with E-state index in [1.54, 1.807) is 0 Å². The molecule has 0 spiro atoms. The first-order valence-corrected chi connectivity index (χ1v) is 6.23. The zero-order chi connectivity index (χ0) is 13.4. The van der Waals surface area contributed by atoms with E-state index in [9.17, 15) is 9.59 Å². The van der Waals surface area contributed by atoms with Crippen LogP contribution in [0, 0.1) is 0 Å². The van der Waals surface area contributed by atoms with Crippen molar-refractivity contribution in [1.82, 2.24) is 4.90 Å². The molecular weight excluding hydrogens is 238 g/mol. The summed E-state index contributed by atoms with van der Waals surface area (Å²) in [5.41, 5.74) is 0. The minimum atomic E-state index is -1.00. The van der Waals surface area contributed by atoms with Gasteiger partial charge in [-0.3, -0.25) is 9.59 Å². The topological polar surface area (TPSA) is 76.1 Å². The van der Waals surface area contributed by atoms with E-state index >= 15 is 0 Å². The molecule has 0 bridgehead atoms. The molecule has 1 fully saturated rings. The summed E-state index contributed by atoms with van der Waals surface area (Å²) in [6.07, 6.45) is 3.19. The van der Waals surface area contributed by atoms with Crippen LogP contribution in [-0.2, 0) is 19.1 Å². The smallest absolute Gasteiger partial charge is 0.323 e. The summed E-state index contributed by atoms with van der Waals surface area (Å²) in [6.45, 7) is 1.15. The molecule has 1 unspecified atom stereocenters. The van der Waals surface area contributed by atoms with Gasteiger partial charge >= 0.3 is 5.97 Å². The average molecular weight is 259 g/mol. The van der Waals surface area contributed by atoms with Crippen LogP contribution in [0.25, 0.3) is 0 Å². The molecule has 0 aromatic heterocycles. The molecular formula is C12H21NO5. The van der Waals surface area contributed by atoms with Gasteiger partial charge in [0.1, 0.15) is 6.54 Å². The Morgan fingerprint density at radius 2 is 2.28 bits per heavy atom. The van der Waals surface area contributed by atoms with Crippen molar-refractivity contribution in [2.75, 3.05) is 33.4 Å². The first kappa shape index (κ1) is 14.9. The second-order valence-electron chi connectivity index (χ2n) is 4.38. The molecule has 1 aliphatic heterocycles. The van der Waals surface area contributed by atoms with Gasteiger partial charge in [0, 0.05) is 26.7 Å².